The van der Waals surface area contributed by atoms with Gasteiger partial charge in [0.2, 0.25) is 0 Å². The summed E-state index contributed by atoms with van der Waals surface area (Å²) in [7, 11) is 0. The van der Waals surface area contributed by atoms with Gasteiger partial charge in [-0.1, -0.05) is 103 Å². The minimum absolute atomic E-state index is 1.27. The molecule has 1 nitrogen and oxygen atoms in total. The van der Waals surface area contributed by atoms with E-state index in [9.17, 15) is 0 Å². The maximum absolute atomic E-state index is 2.51. The van der Waals surface area contributed by atoms with Crippen LogP contribution >= 0.6 is 11.3 Å². The smallest absolute Gasteiger partial charge is 0.0620 e. The molecule has 2 heteroatoms. The largest absolute Gasteiger partial charge is 0.308 e. The van der Waals surface area contributed by atoms with E-state index in [2.05, 4.69) is 144 Å². The topological polar surface area (TPSA) is 4.41 Å². The lowest BCUT2D eigenvalue weighted by atomic mass is 9.99. The first-order chi connectivity index (χ1) is 20.8. The Labute approximate surface area is 245 Å². The fraction of sp³-hybridized carbons (Fsp3) is 0. The second kappa shape index (κ2) is 8.19. The van der Waals surface area contributed by atoms with E-state index >= 15 is 0 Å². The van der Waals surface area contributed by atoms with Gasteiger partial charge in [0.1, 0.15) is 0 Å². The number of hydrogen-bond acceptors (Lipinski definition) is 1. The van der Waals surface area contributed by atoms with E-state index in [1.165, 1.54) is 91.3 Å². The van der Waals surface area contributed by atoms with Crippen molar-refractivity contribution in [1.82, 2.24) is 4.40 Å². The van der Waals surface area contributed by atoms with Gasteiger partial charge >= 0.3 is 0 Å². The number of fused-ring (bicyclic) bond motifs is 9. The predicted molar refractivity (Wildman–Crippen MR) is 182 cm³/mol. The van der Waals surface area contributed by atoms with Crippen LogP contribution in [0.3, 0.4) is 0 Å². The zero-order valence-electron chi connectivity index (χ0n) is 22.6. The number of hydrogen-bond donors (Lipinski definition) is 0. The van der Waals surface area contributed by atoms with Gasteiger partial charge in [0.05, 0.1) is 16.6 Å². The minimum atomic E-state index is 1.27. The summed E-state index contributed by atoms with van der Waals surface area (Å²) in [5.41, 5.74) is 6.43. The summed E-state index contributed by atoms with van der Waals surface area (Å²) < 4.78 is 2.51. The number of nitrogens with zero attached hydrogens (tertiary/aromatic N) is 1. The Hall–Kier alpha value is -5.18. The predicted octanol–water partition coefficient (Wildman–Crippen LogP) is 11.7. The third-order valence-corrected chi connectivity index (χ3v) is 10.4. The molecule has 0 aliphatic heterocycles. The molecule has 7 aromatic carbocycles. The quantitative estimate of drug-likeness (QED) is 0.202. The Morgan fingerprint density at radius 3 is 1.36 bits per heavy atom. The van der Waals surface area contributed by atoms with Crippen LogP contribution in [-0.4, -0.2) is 4.40 Å². The fourth-order valence-electron chi connectivity index (χ4n) is 7.16. The van der Waals surface area contributed by atoms with E-state index in [0.29, 0.717) is 0 Å². The molecule has 0 aliphatic carbocycles. The molecule has 10 rings (SSSR count). The van der Waals surface area contributed by atoms with Crippen LogP contribution < -0.4 is 0 Å². The van der Waals surface area contributed by atoms with Crippen molar-refractivity contribution in [2.24, 2.45) is 0 Å². The highest BCUT2D eigenvalue weighted by Crippen LogP contribution is 2.48. The molecule has 0 saturated carbocycles. The molecular formula is C40H23NS. The zero-order valence-corrected chi connectivity index (χ0v) is 23.5. The standard InChI is InChI=1S/C40H23NS/c1-2-10-24(11-3-1)39-30-16-8-9-17-31(30)40(42-39)29-20-34-32-18-25-12-4-6-14-27(25)22-36(32)41-37-23-28-15-7-5-13-26(28)19-33(37)35(21-29)38(34)41/h1-23H. The number of rotatable bonds is 2. The lowest BCUT2D eigenvalue weighted by molar-refractivity contribution is 1.38. The first-order valence-electron chi connectivity index (χ1n) is 14.4. The summed E-state index contributed by atoms with van der Waals surface area (Å²) in [6.45, 7) is 0. The zero-order chi connectivity index (χ0) is 27.4. The molecule has 3 aromatic heterocycles. The molecule has 194 valence electrons. The third kappa shape index (κ3) is 2.97. The molecule has 42 heavy (non-hydrogen) atoms. The van der Waals surface area contributed by atoms with Gasteiger partial charge in [0.15, 0.2) is 0 Å². The molecule has 0 aliphatic rings. The van der Waals surface area contributed by atoms with Gasteiger partial charge < -0.3 is 4.40 Å². The van der Waals surface area contributed by atoms with Crippen molar-refractivity contribution in [1.29, 1.82) is 0 Å². The molecule has 0 radical (unpaired) electrons. The number of thiophene rings is 1. The van der Waals surface area contributed by atoms with Gasteiger partial charge in [-0.2, -0.15) is 0 Å². The van der Waals surface area contributed by atoms with E-state index in [-0.39, 0.29) is 0 Å². The van der Waals surface area contributed by atoms with Crippen molar-refractivity contribution in [3.63, 3.8) is 0 Å². The van der Waals surface area contributed by atoms with Crippen molar-refractivity contribution in [3.8, 4) is 20.9 Å². The van der Waals surface area contributed by atoms with Crippen molar-refractivity contribution < 1.29 is 0 Å². The van der Waals surface area contributed by atoms with E-state index in [1.54, 1.807) is 0 Å². The third-order valence-electron chi connectivity index (χ3n) is 9.04. The van der Waals surface area contributed by atoms with Crippen molar-refractivity contribution >= 4 is 81.7 Å². The monoisotopic (exact) mass is 549 g/mol. The molecular weight excluding hydrogens is 527 g/mol. The van der Waals surface area contributed by atoms with Crippen LogP contribution in [0.25, 0.3) is 91.3 Å². The van der Waals surface area contributed by atoms with Crippen LogP contribution in [0.1, 0.15) is 0 Å². The highest BCUT2D eigenvalue weighted by Gasteiger charge is 2.22. The van der Waals surface area contributed by atoms with Crippen LogP contribution in [0.2, 0.25) is 0 Å². The first-order valence-corrected chi connectivity index (χ1v) is 15.3. The Balaban J connectivity index is 1.39. The van der Waals surface area contributed by atoms with Gasteiger partial charge in [0.25, 0.3) is 0 Å². The van der Waals surface area contributed by atoms with Gasteiger partial charge in [-0.25, -0.2) is 0 Å². The summed E-state index contributed by atoms with van der Waals surface area (Å²) in [4.78, 5) is 2.66. The van der Waals surface area contributed by atoms with Crippen LogP contribution in [0.15, 0.2) is 140 Å². The lowest BCUT2D eigenvalue weighted by Gasteiger charge is -2.05. The summed E-state index contributed by atoms with van der Waals surface area (Å²) in [5.74, 6) is 0. The molecule has 0 saturated heterocycles. The fourth-order valence-corrected chi connectivity index (χ4v) is 8.42. The van der Waals surface area contributed by atoms with Crippen LogP contribution in [-0.2, 0) is 0 Å². The molecule has 0 bridgehead atoms. The second-order valence-electron chi connectivity index (χ2n) is 11.4. The Bertz CT molecular complexity index is 2550. The lowest BCUT2D eigenvalue weighted by Crippen LogP contribution is -1.82. The maximum atomic E-state index is 2.51. The minimum Gasteiger partial charge on any atom is -0.308 e. The van der Waals surface area contributed by atoms with Crippen molar-refractivity contribution in [2.75, 3.05) is 0 Å². The molecule has 0 unspecified atom stereocenters. The summed E-state index contributed by atoms with van der Waals surface area (Å²) >= 11 is 1.91. The maximum Gasteiger partial charge on any atom is 0.0620 e. The van der Waals surface area contributed by atoms with Gasteiger partial charge in [0, 0.05) is 42.1 Å². The Kier molecular flexibility index (Phi) is 4.39. The van der Waals surface area contributed by atoms with E-state index in [4.69, 9.17) is 0 Å². The van der Waals surface area contributed by atoms with E-state index in [1.807, 2.05) is 11.3 Å². The molecule has 0 spiro atoms. The SMILES string of the molecule is c1ccc(-c2sc(-c3cc4c5cc6ccccc6cc5n5c6cc7ccccc7cc6c(c3)c45)c3ccccc23)cc1. The average Bonchev–Trinajstić information content (AvgIpc) is 3.69. The van der Waals surface area contributed by atoms with Crippen LogP contribution in [0.5, 0.6) is 0 Å². The number of aromatic nitrogens is 1. The molecule has 0 amide bonds. The molecule has 10 aromatic rings. The van der Waals surface area contributed by atoms with Gasteiger partial charge in [-0.15, -0.1) is 11.3 Å². The molecule has 0 fully saturated rings. The Morgan fingerprint density at radius 2 is 0.810 bits per heavy atom. The molecule has 3 heterocycles. The summed E-state index contributed by atoms with van der Waals surface area (Å²) in [5, 5.41) is 13.0. The normalized spacial score (nSPS) is 12.3. The average molecular weight is 550 g/mol. The highest BCUT2D eigenvalue weighted by molar-refractivity contribution is 7.21. The number of benzene rings is 7. The van der Waals surface area contributed by atoms with Gasteiger partial charge in [-0.3, -0.25) is 0 Å². The second-order valence-corrected chi connectivity index (χ2v) is 12.4. The van der Waals surface area contributed by atoms with Crippen molar-refractivity contribution in [2.45, 2.75) is 0 Å². The highest BCUT2D eigenvalue weighted by atomic mass is 32.1. The van der Waals surface area contributed by atoms with Crippen molar-refractivity contribution in [3.05, 3.63) is 140 Å². The van der Waals surface area contributed by atoms with Crippen LogP contribution in [0.4, 0.5) is 0 Å². The van der Waals surface area contributed by atoms with E-state index < -0.39 is 0 Å². The van der Waals surface area contributed by atoms with Crippen LogP contribution in [0, 0.1) is 0 Å². The first kappa shape index (κ1) is 22.5. The van der Waals surface area contributed by atoms with Gasteiger partial charge in [-0.05, 0) is 69.1 Å². The summed E-state index contributed by atoms with van der Waals surface area (Å²) in [6, 6.07) is 51.6. The van der Waals surface area contributed by atoms with E-state index in [0.717, 1.165) is 0 Å². The Morgan fingerprint density at radius 1 is 0.357 bits per heavy atom. The molecule has 0 atom stereocenters. The molecule has 0 N–H and O–H groups in total. The summed E-state index contributed by atoms with van der Waals surface area (Å²) in [6.07, 6.45) is 0.